The third kappa shape index (κ3) is 3.55. The summed E-state index contributed by atoms with van der Waals surface area (Å²) in [6, 6.07) is 3.11. The Hall–Kier alpha value is -0.550. The fourth-order valence-electron chi connectivity index (χ4n) is 4.47. The minimum Gasteiger partial charge on any atom is -0.299 e. The lowest BCUT2D eigenvalue weighted by Gasteiger charge is -2.47. The zero-order valence-corrected chi connectivity index (χ0v) is 14.0. The highest BCUT2D eigenvalue weighted by atomic mass is 15.2. The molecule has 5 atom stereocenters. The van der Waals surface area contributed by atoms with Gasteiger partial charge in [0.2, 0.25) is 0 Å². The smallest absolute Gasteiger partial charge is 0.0672 e. The van der Waals surface area contributed by atoms with E-state index in [0.717, 1.165) is 24.2 Å². The number of nitriles is 1. The topological polar surface area (TPSA) is 27.0 Å². The van der Waals surface area contributed by atoms with Crippen LogP contribution in [0, 0.1) is 40.4 Å². The molecule has 2 nitrogen and oxygen atoms in total. The predicted octanol–water partition coefficient (Wildman–Crippen LogP) is 4.32. The molecule has 0 spiro atoms. The molecule has 2 heteroatoms. The zero-order chi connectivity index (χ0) is 14.9. The first kappa shape index (κ1) is 15.8. The second-order valence-electron chi connectivity index (χ2n) is 8.58. The Morgan fingerprint density at radius 1 is 1.00 bits per heavy atom. The van der Waals surface area contributed by atoms with Crippen LogP contribution in [0.25, 0.3) is 0 Å². The minimum atomic E-state index is 0.256. The Kier molecular flexibility index (Phi) is 4.80. The van der Waals surface area contributed by atoms with E-state index >= 15 is 0 Å². The number of nitrogens with zero attached hydrogens (tertiary/aromatic N) is 2. The summed E-state index contributed by atoms with van der Waals surface area (Å²) in [6.45, 7) is 14.2. The molecule has 114 valence electrons. The minimum absolute atomic E-state index is 0.256. The van der Waals surface area contributed by atoms with Crippen LogP contribution in [0.4, 0.5) is 0 Å². The summed E-state index contributed by atoms with van der Waals surface area (Å²) in [4.78, 5) is 2.66. The molecule has 5 unspecified atom stereocenters. The summed E-state index contributed by atoms with van der Waals surface area (Å²) in [6.07, 6.45) is 4.91. The molecule has 0 aromatic heterocycles. The van der Waals surface area contributed by atoms with Crippen molar-refractivity contribution in [2.45, 2.75) is 66.3 Å². The van der Waals surface area contributed by atoms with E-state index in [4.69, 9.17) is 0 Å². The largest absolute Gasteiger partial charge is 0.299 e. The third-order valence-corrected chi connectivity index (χ3v) is 5.57. The van der Waals surface area contributed by atoms with E-state index in [-0.39, 0.29) is 5.92 Å². The molecule has 2 rings (SSSR count). The van der Waals surface area contributed by atoms with Crippen LogP contribution in [0.15, 0.2) is 0 Å². The molecule has 1 heterocycles. The van der Waals surface area contributed by atoms with Gasteiger partial charge in [-0.25, -0.2) is 0 Å². The van der Waals surface area contributed by atoms with Gasteiger partial charge >= 0.3 is 0 Å². The van der Waals surface area contributed by atoms with Gasteiger partial charge in [-0.05, 0) is 48.9 Å². The summed E-state index contributed by atoms with van der Waals surface area (Å²) in [5, 5.41) is 9.54. The van der Waals surface area contributed by atoms with Crippen LogP contribution >= 0.6 is 0 Å². The maximum absolute atomic E-state index is 9.54. The van der Waals surface area contributed by atoms with Gasteiger partial charge in [-0.3, -0.25) is 4.90 Å². The molecular formula is C18H32N2. The van der Waals surface area contributed by atoms with Gasteiger partial charge in [0.1, 0.15) is 0 Å². The molecule has 0 amide bonds. The van der Waals surface area contributed by atoms with Crippen molar-refractivity contribution in [3.63, 3.8) is 0 Å². The lowest BCUT2D eigenvalue weighted by Crippen LogP contribution is -2.51. The zero-order valence-electron chi connectivity index (χ0n) is 14.0. The van der Waals surface area contributed by atoms with Crippen LogP contribution in [0.5, 0.6) is 0 Å². The van der Waals surface area contributed by atoms with Gasteiger partial charge in [-0.15, -0.1) is 0 Å². The average molecular weight is 276 g/mol. The summed E-state index contributed by atoms with van der Waals surface area (Å²) in [7, 11) is 0. The average Bonchev–Trinajstić information content (AvgIpc) is 2.35. The van der Waals surface area contributed by atoms with Crippen LogP contribution in [0.2, 0.25) is 0 Å². The highest BCUT2D eigenvalue weighted by Gasteiger charge is 2.40. The fraction of sp³-hybridized carbons (Fsp3) is 0.944. The monoisotopic (exact) mass is 276 g/mol. The Balaban J connectivity index is 2.11. The van der Waals surface area contributed by atoms with Crippen molar-refractivity contribution in [3.05, 3.63) is 0 Å². The molecule has 1 aliphatic carbocycles. The van der Waals surface area contributed by atoms with Crippen molar-refractivity contribution < 1.29 is 0 Å². The van der Waals surface area contributed by atoms with Crippen molar-refractivity contribution in [1.29, 1.82) is 5.26 Å². The second kappa shape index (κ2) is 6.06. The Labute approximate surface area is 125 Å². The Bertz CT molecular complexity index is 353. The molecular weight excluding hydrogens is 244 g/mol. The molecule has 1 saturated carbocycles. The van der Waals surface area contributed by atoms with E-state index in [9.17, 15) is 5.26 Å². The predicted molar refractivity (Wildman–Crippen MR) is 84.2 cm³/mol. The van der Waals surface area contributed by atoms with Crippen LogP contribution in [0.1, 0.15) is 60.3 Å². The summed E-state index contributed by atoms with van der Waals surface area (Å²) >= 11 is 0. The van der Waals surface area contributed by atoms with Gasteiger partial charge in [0.05, 0.1) is 12.0 Å². The van der Waals surface area contributed by atoms with Crippen LogP contribution in [-0.2, 0) is 0 Å². The first-order valence-corrected chi connectivity index (χ1v) is 8.45. The number of hydrogen-bond acceptors (Lipinski definition) is 2. The quantitative estimate of drug-likeness (QED) is 0.713. The van der Waals surface area contributed by atoms with Crippen molar-refractivity contribution >= 4 is 0 Å². The van der Waals surface area contributed by atoms with Crippen molar-refractivity contribution in [1.82, 2.24) is 4.90 Å². The van der Waals surface area contributed by atoms with Gasteiger partial charge < -0.3 is 0 Å². The van der Waals surface area contributed by atoms with Gasteiger partial charge in [0.25, 0.3) is 0 Å². The molecule has 20 heavy (non-hydrogen) atoms. The van der Waals surface area contributed by atoms with Gasteiger partial charge in [0, 0.05) is 19.1 Å². The molecule has 0 bridgehead atoms. The first-order chi connectivity index (χ1) is 9.31. The van der Waals surface area contributed by atoms with Crippen molar-refractivity contribution in [2.75, 3.05) is 13.1 Å². The Morgan fingerprint density at radius 3 is 2.10 bits per heavy atom. The Morgan fingerprint density at radius 2 is 1.60 bits per heavy atom. The molecule has 0 aromatic carbocycles. The molecule has 1 saturated heterocycles. The number of likely N-dealkylation sites (tertiary alicyclic amines) is 1. The summed E-state index contributed by atoms with van der Waals surface area (Å²) in [5.74, 6) is 2.59. The van der Waals surface area contributed by atoms with Crippen molar-refractivity contribution in [2.24, 2.45) is 29.1 Å². The maximum Gasteiger partial charge on any atom is 0.0672 e. The van der Waals surface area contributed by atoms with Gasteiger partial charge in [0.15, 0.2) is 0 Å². The van der Waals surface area contributed by atoms with Crippen LogP contribution in [-0.4, -0.2) is 24.0 Å². The third-order valence-electron chi connectivity index (χ3n) is 5.57. The van der Waals surface area contributed by atoms with E-state index in [1.807, 2.05) is 0 Å². The molecule has 1 aliphatic heterocycles. The molecule has 0 aromatic rings. The fourth-order valence-corrected chi connectivity index (χ4v) is 4.47. The SMILES string of the molecule is CC1CC(C)CN(C2CC(C(C)(C)C)CCC2C#N)C1. The van der Waals surface area contributed by atoms with E-state index in [1.54, 1.807) is 0 Å². The maximum atomic E-state index is 9.54. The number of hydrogen-bond donors (Lipinski definition) is 0. The van der Waals surface area contributed by atoms with Crippen LogP contribution < -0.4 is 0 Å². The van der Waals surface area contributed by atoms with E-state index < -0.39 is 0 Å². The molecule has 2 fully saturated rings. The number of piperidine rings is 1. The summed E-state index contributed by atoms with van der Waals surface area (Å²) < 4.78 is 0. The van der Waals surface area contributed by atoms with Gasteiger partial charge in [-0.1, -0.05) is 34.6 Å². The lowest BCUT2D eigenvalue weighted by molar-refractivity contribution is 0.0221. The van der Waals surface area contributed by atoms with E-state index in [0.29, 0.717) is 11.5 Å². The van der Waals surface area contributed by atoms with E-state index in [2.05, 4.69) is 45.6 Å². The molecule has 0 N–H and O–H groups in total. The molecule has 0 radical (unpaired) electrons. The van der Waals surface area contributed by atoms with Crippen molar-refractivity contribution in [3.8, 4) is 6.07 Å². The second-order valence-corrected chi connectivity index (χ2v) is 8.58. The number of rotatable bonds is 1. The van der Waals surface area contributed by atoms with E-state index in [1.165, 1.54) is 32.4 Å². The first-order valence-electron chi connectivity index (χ1n) is 8.45. The normalized spacial score (nSPS) is 40.3. The standard InChI is InChI=1S/C18H32N2/c1-13-8-14(2)12-20(11-13)17-9-16(18(3,4)5)7-6-15(17)10-19/h13-17H,6-9,11-12H2,1-5H3. The van der Waals surface area contributed by atoms with Crippen LogP contribution in [0.3, 0.4) is 0 Å². The van der Waals surface area contributed by atoms with Gasteiger partial charge in [-0.2, -0.15) is 5.26 Å². The molecule has 2 aliphatic rings. The summed E-state index contributed by atoms with van der Waals surface area (Å²) in [5.41, 5.74) is 0.381. The highest BCUT2D eigenvalue weighted by molar-refractivity contribution is 5.00. The highest BCUT2D eigenvalue weighted by Crippen LogP contribution is 2.42. The lowest BCUT2D eigenvalue weighted by atomic mass is 9.67.